The molecule has 3 N–H and O–H groups in total. The molecule has 0 fully saturated rings. The molecular formula is C17H25N3O5. The first-order valence-electron chi connectivity index (χ1n) is 8.37. The molecule has 1 rings (SSSR count). The van der Waals surface area contributed by atoms with Gasteiger partial charge in [-0.25, -0.2) is 0 Å². The molecule has 8 heteroatoms. The number of nitrogens with two attached hydrogens (primary N) is 1. The van der Waals surface area contributed by atoms with Crippen molar-refractivity contribution in [2.24, 2.45) is 11.7 Å². The molecule has 0 aromatic heterocycles. The molecule has 138 valence electrons. The minimum Gasteiger partial charge on any atom is -0.349 e. The lowest BCUT2D eigenvalue weighted by Crippen LogP contribution is -2.32. The van der Waals surface area contributed by atoms with E-state index in [0.29, 0.717) is 25.8 Å². The largest absolute Gasteiger partial charge is 0.349 e. The zero-order valence-corrected chi connectivity index (χ0v) is 14.5. The minimum atomic E-state index is -0.415. The van der Waals surface area contributed by atoms with E-state index in [1.54, 1.807) is 0 Å². The van der Waals surface area contributed by atoms with Crippen LogP contribution in [0, 0.1) is 5.92 Å². The van der Waals surface area contributed by atoms with Crippen molar-refractivity contribution >= 4 is 29.3 Å². The number of Topliss-reactive ketones (excluding diaryl/α,β-unsaturated/α-hetero) is 2. The average molecular weight is 351 g/mol. The summed E-state index contributed by atoms with van der Waals surface area (Å²) in [5.74, 6) is -1.64. The van der Waals surface area contributed by atoms with Crippen LogP contribution in [0.25, 0.3) is 0 Å². The smallest absolute Gasteiger partial charge is 0.253 e. The molecule has 8 nitrogen and oxygen atoms in total. The van der Waals surface area contributed by atoms with Crippen LogP contribution in [0.1, 0.15) is 39.0 Å². The van der Waals surface area contributed by atoms with Crippen molar-refractivity contribution in [2.45, 2.75) is 39.0 Å². The molecule has 0 aromatic carbocycles. The number of hydrogen-bond acceptors (Lipinski definition) is 6. The summed E-state index contributed by atoms with van der Waals surface area (Å²) in [7, 11) is 0. The molecule has 1 aliphatic heterocycles. The van der Waals surface area contributed by atoms with E-state index in [2.05, 4.69) is 5.32 Å². The second-order valence-corrected chi connectivity index (χ2v) is 6.02. The summed E-state index contributed by atoms with van der Waals surface area (Å²) in [5.41, 5.74) is 5.25. The quantitative estimate of drug-likeness (QED) is 0.367. The molecule has 3 amide bonds. The van der Waals surface area contributed by atoms with Gasteiger partial charge in [0.05, 0.1) is 6.54 Å². The Morgan fingerprint density at radius 2 is 1.80 bits per heavy atom. The Bertz CT molecular complexity index is 553. The second kappa shape index (κ2) is 10.5. The van der Waals surface area contributed by atoms with Gasteiger partial charge in [-0.2, -0.15) is 0 Å². The van der Waals surface area contributed by atoms with Crippen LogP contribution in [-0.4, -0.2) is 53.8 Å². The van der Waals surface area contributed by atoms with Crippen LogP contribution in [0.4, 0.5) is 0 Å². The first-order chi connectivity index (χ1) is 11.8. The molecular weight excluding hydrogens is 326 g/mol. The number of rotatable bonds is 12. The van der Waals surface area contributed by atoms with Crippen LogP contribution in [0.3, 0.4) is 0 Å². The van der Waals surface area contributed by atoms with Crippen molar-refractivity contribution in [3.63, 3.8) is 0 Å². The Balaban J connectivity index is 2.30. The van der Waals surface area contributed by atoms with Crippen molar-refractivity contribution in [1.82, 2.24) is 10.2 Å². The first-order valence-corrected chi connectivity index (χ1v) is 8.37. The van der Waals surface area contributed by atoms with Gasteiger partial charge < -0.3 is 11.1 Å². The summed E-state index contributed by atoms with van der Waals surface area (Å²) in [4.78, 5) is 58.9. The summed E-state index contributed by atoms with van der Waals surface area (Å²) in [6.45, 7) is 1.85. The lowest BCUT2D eigenvalue weighted by atomic mass is 9.92. The molecule has 0 spiro atoms. The van der Waals surface area contributed by atoms with E-state index in [4.69, 9.17) is 5.73 Å². The van der Waals surface area contributed by atoms with Gasteiger partial charge in [-0.1, -0.05) is 6.42 Å². The Kier molecular flexibility index (Phi) is 8.69. The van der Waals surface area contributed by atoms with Gasteiger partial charge in [-0.3, -0.25) is 28.9 Å². The SMILES string of the molecule is CC(=O)[C@H](CCCCN1C(=O)C=CC1=O)CC(=O)CNC(=O)CCN. The first kappa shape index (κ1) is 20.7. The Labute approximate surface area is 146 Å². The molecule has 0 saturated carbocycles. The molecule has 1 heterocycles. The van der Waals surface area contributed by atoms with E-state index < -0.39 is 5.92 Å². The number of carbonyl (C=O) groups excluding carboxylic acids is 5. The number of ketones is 2. The molecule has 0 aromatic rings. The maximum absolute atomic E-state index is 11.9. The topological polar surface area (TPSA) is 127 Å². The minimum absolute atomic E-state index is 0.0708. The van der Waals surface area contributed by atoms with Crippen molar-refractivity contribution in [1.29, 1.82) is 0 Å². The number of unbranched alkanes of at least 4 members (excludes halogenated alkanes) is 1. The lowest BCUT2D eigenvalue weighted by molar-refractivity contribution is -0.137. The molecule has 0 bridgehead atoms. The van der Waals surface area contributed by atoms with Crippen LogP contribution in [0.2, 0.25) is 0 Å². The van der Waals surface area contributed by atoms with Crippen molar-refractivity contribution in [3.8, 4) is 0 Å². The van der Waals surface area contributed by atoms with Gasteiger partial charge in [0.1, 0.15) is 5.78 Å². The summed E-state index contributed by atoms with van der Waals surface area (Å²) >= 11 is 0. The normalized spacial score (nSPS) is 14.7. The van der Waals surface area contributed by atoms with Gasteiger partial charge in [-0.15, -0.1) is 0 Å². The van der Waals surface area contributed by atoms with E-state index >= 15 is 0 Å². The van der Waals surface area contributed by atoms with Crippen molar-refractivity contribution in [3.05, 3.63) is 12.2 Å². The highest BCUT2D eigenvalue weighted by atomic mass is 16.2. The van der Waals surface area contributed by atoms with Crippen LogP contribution >= 0.6 is 0 Å². The fourth-order valence-corrected chi connectivity index (χ4v) is 2.52. The fourth-order valence-electron chi connectivity index (χ4n) is 2.52. The van der Waals surface area contributed by atoms with Crippen LogP contribution in [0.15, 0.2) is 12.2 Å². The van der Waals surface area contributed by atoms with Crippen molar-refractivity contribution in [2.75, 3.05) is 19.6 Å². The lowest BCUT2D eigenvalue weighted by Gasteiger charge is -2.16. The van der Waals surface area contributed by atoms with Gasteiger partial charge >= 0.3 is 0 Å². The van der Waals surface area contributed by atoms with Gasteiger partial charge in [0, 0.05) is 44.0 Å². The Morgan fingerprint density at radius 3 is 2.36 bits per heavy atom. The van der Waals surface area contributed by atoms with E-state index in [1.165, 1.54) is 19.1 Å². The van der Waals surface area contributed by atoms with Crippen molar-refractivity contribution < 1.29 is 24.0 Å². The number of carbonyl (C=O) groups is 5. The zero-order valence-electron chi connectivity index (χ0n) is 14.5. The van der Waals surface area contributed by atoms with Crippen LogP contribution in [0.5, 0.6) is 0 Å². The van der Waals surface area contributed by atoms with Crippen LogP contribution in [-0.2, 0) is 24.0 Å². The highest BCUT2D eigenvalue weighted by Crippen LogP contribution is 2.16. The molecule has 0 radical (unpaired) electrons. The number of nitrogens with zero attached hydrogens (tertiary/aromatic N) is 1. The van der Waals surface area contributed by atoms with E-state index in [-0.39, 0.29) is 55.2 Å². The molecule has 0 saturated heterocycles. The predicted molar refractivity (Wildman–Crippen MR) is 90.2 cm³/mol. The van der Waals surface area contributed by atoms with Gasteiger partial charge in [0.2, 0.25) is 5.91 Å². The maximum atomic E-state index is 11.9. The third-order valence-corrected chi connectivity index (χ3v) is 3.99. The third kappa shape index (κ3) is 7.38. The van der Waals surface area contributed by atoms with Gasteiger partial charge in [0.15, 0.2) is 5.78 Å². The summed E-state index contributed by atoms with van der Waals surface area (Å²) in [6.07, 6.45) is 4.39. The Morgan fingerprint density at radius 1 is 1.16 bits per heavy atom. The van der Waals surface area contributed by atoms with Gasteiger partial charge in [-0.05, 0) is 19.8 Å². The summed E-state index contributed by atoms with van der Waals surface area (Å²) in [6, 6.07) is 0. The molecule has 1 aliphatic rings. The van der Waals surface area contributed by atoms with E-state index in [1.807, 2.05) is 0 Å². The predicted octanol–water partition coefficient (Wildman–Crippen LogP) is -0.289. The van der Waals surface area contributed by atoms with Gasteiger partial charge in [0.25, 0.3) is 11.8 Å². The number of hydrogen-bond donors (Lipinski definition) is 2. The number of nitrogens with one attached hydrogen (secondary N) is 1. The van der Waals surface area contributed by atoms with E-state index in [9.17, 15) is 24.0 Å². The highest BCUT2D eigenvalue weighted by molar-refractivity contribution is 6.12. The number of imide groups is 1. The fraction of sp³-hybridized carbons (Fsp3) is 0.588. The molecule has 25 heavy (non-hydrogen) atoms. The summed E-state index contributed by atoms with van der Waals surface area (Å²) in [5, 5.41) is 2.47. The van der Waals surface area contributed by atoms with E-state index in [0.717, 1.165) is 4.90 Å². The number of amides is 3. The maximum Gasteiger partial charge on any atom is 0.253 e. The third-order valence-electron chi connectivity index (χ3n) is 3.99. The summed E-state index contributed by atoms with van der Waals surface area (Å²) < 4.78 is 0. The monoisotopic (exact) mass is 351 g/mol. The molecule has 0 aliphatic carbocycles. The Hall–Kier alpha value is -2.35. The second-order valence-electron chi connectivity index (χ2n) is 6.02. The molecule has 1 atom stereocenters. The zero-order chi connectivity index (χ0) is 18.8. The molecule has 0 unspecified atom stereocenters. The van der Waals surface area contributed by atoms with Crippen LogP contribution < -0.4 is 11.1 Å². The highest BCUT2D eigenvalue weighted by Gasteiger charge is 2.23. The standard InChI is InChI=1S/C17H25N3O5/c1-12(21)13(10-14(22)11-19-15(23)7-8-18)4-2-3-9-20-16(24)5-6-17(20)25/h5-6,13H,2-4,7-11,18H2,1H3,(H,19,23)/t13-/m1/s1. The average Bonchev–Trinajstić information content (AvgIpc) is 2.87.